The first kappa shape index (κ1) is 18.7. The Morgan fingerprint density at radius 2 is 1.81 bits per heavy atom. The number of carbonyl (C=O) groups excluding carboxylic acids is 1. The summed E-state index contributed by atoms with van der Waals surface area (Å²) in [6.45, 7) is 0. The van der Waals surface area contributed by atoms with E-state index in [-0.39, 0.29) is 5.03 Å². The zero-order chi connectivity index (χ0) is 15.9. The molecule has 0 aromatic heterocycles. The highest BCUT2D eigenvalue weighted by Gasteiger charge is 2.17. The minimum absolute atomic E-state index is 0.221. The molecule has 1 aromatic rings. The predicted molar refractivity (Wildman–Crippen MR) is 89.7 cm³/mol. The van der Waals surface area contributed by atoms with Gasteiger partial charge in [0.15, 0.2) is 3.79 Å². The molecule has 0 aliphatic carbocycles. The van der Waals surface area contributed by atoms with E-state index < -0.39 is 9.76 Å². The van der Waals surface area contributed by atoms with E-state index in [0.717, 1.165) is 6.08 Å². The minimum atomic E-state index is -1.30. The third-order valence-electron chi connectivity index (χ3n) is 2.16. The highest BCUT2D eigenvalue weighted by molar-refractivity contribution is 6.67. The Kier molecular flexibility index (Phi) is 7.93. The summed E-state index contributed by atoms with van der Waals surface area (Å²) in [7, 11) is 0. The van der Waals surface area contributed by atoms with Crippen LogP contribution in [0.3, 0.4) is 0 Å². The fraction of sp³-hybridized carbons (Fsp3) is 0.214. The summed E-state index contributed by atoms with van der Waals surface area (Å²) in [5, 5.41) is 0.776. The van der Waals surface area contributed by atoms with Crippen LogP contribution in [-0.2, 0) is 4.79 Å². The molecule has 0 radical (unpaired) electrons. The van der Waals surface area contributed by atoms with Crippen molar-refractivity contribution in [3.63, 3.8) is 0 Å². The Balaban J connectivity index is 2.47. The first-order valence-electron chi connectivity index (χ1n) is 5.84. The molecule has 1 aromatic carbocycles. The largest absolute Gasteiger partial charge is 0.423 e. The molecule has 21 heavy (non-hydrogen) atoms. The smallest absolute Gasteiger partial charge is 0.337 e. The van der Waals surface area contributed by atoms with Gasteiger partial charge in [0, 0.05) is 16.1 Å². The molecule has 0 atom stereocenters. The van der Waals surface area contributed by atoms with E-state index in [1.807, 2.05) is 0 Å². The SMILES string of the molecule is O=C(/C=C(Cl)/C=C\CCC(Cl)(Cl)Cl)Oc1ccc(Cl)cc1. The fourth-order valence-electron chi connectivity index (χ4n) is 1.25. The minimum Gasteiger partial charge on any atom is -0.423 e. The van der Waals surface area contributed by atoms with Crippen molar-refractivity contribution in [2.45, 2.75) is 16.6 Å². The number of esters is 1. The maximum atomic E-state index is 11.6. The van der Waals surface area contributed by atoms with Gasteiger partial charge in [0.05, 0.1) is 0 Å². The molecule has 0 aliphatic heterocycles. The van der Waals surface area contributed by atoms with Gasteiger partial charge in [-0.15, -0.1) is 0 Å². The monoisotopic (exact) mass is 386 g/mol. The number of carbonyl (C=O) groups is 1. The maximum Gasteiger partial charge on any atom is 0.337 e. The number of ether oxygens (including phenoxy) is 1. The van der Waals surface area contributed by atoms with Crippen LogP contribution in [0.15, 0.2) is 47.5 Å². The highest BCUT2D eigenvalue weighted by atomic mass is 35.6. The van der Waals surface area contributed by atoms with Gasteiger partial charge in [-0.3, -0.25) is 0 Å². The first-order chi connectivity index (χ1) is 9.76. The lowest BCUT2D eigenvalue weighted by Gasteiger charge is -2.06. The van der Waals surface area contributed by atoms with Crippen molar-refractivity contribution in [2.24, 2.45) is 0 Å². The zero-order valence-corrected chi connectivity index (χ0v) is 14.4. The zero-order valence-electron chi connectivity index (χ0n) is 10.7. The number of alkyl halides is 3. The van der Waals surface area contributed by atoms with E-state index in [1.54, 1.807) is 36.4 Å². The average molecular weight is 389 g/mol. The topological polar surface area (TPSA) is 26.3 Å². The number of rotatable bonds is 5. The predicted octanol–water partition coefficient (Wildman–Crippen LogP) is 6.07. The lowest BCUT2D eigenvalue weighted by atomic mass is 10.3. The molecule has 0 heterocycles. The van der Waals surface area contributed by atoms with Crippen LogP contribution in [0.2, 0.25) is 5.02 Å². The Morgan fingerprint density at radius 1 is 1.19 bits per heavy atom. The number of benzene rings is 1. The molecule has 114 valence electrons. The van der Waals surface area contributed by atoms with Crippen molar-refractivity contribution in [1.82, 2.24) is 0 Å². The van der Waals surface area contributed by atoms with Crippen LogP contribution in [0.5, 0.6) is 5.75 Å². The fourth-order valence-corrected chi connectivity index (χ4v) is 1.88. The van der Waals surface area contributed by atoms with Gasteiger partial charge in [-0.1, -0.05) is 64.1 Å². The van der Waals surface area contributed by atoms with Gasteiger partial charge < -0.3 is 4.74 Å². The molecule has 1 rings (SSSR count). The normalized spacial score (nSPS) is 12.7. The number of hydrogen-bond acceptors (Lipinski definition) is 2. The Morgan fingerprint density at radius 3 is 2.38 bits per heavy atom. The van der Waals surface area contributed by atoms with E-state index >= 15 is 0 Å². The van der Waals surface area contributed by atoms with Gasteiger partial charge >= 0.3 is 5.97 Å². The average Bonchev–Trinajstić information content (AvgIpc) is 2.36. The van der Waals surface area contributed by atoms with Crippen LogP contribution in [-0.4, -0.2) is 9.76 Å². The standard InChI is InChI=1S/C14H11Cl5O2/c15-10-4-6-12(7-5-10)21-13(20)9-11(16)3-1-2-8-14(17,18)19/h1,3-7,9H,2,8H2/b3-1-,11-9-. The second kappa shape index (κ2) is 8.92. The van der Waals surface area contributed by atoms with Crippen LogP contribution in [0.4, 0.5) is 0 Å². The van der Waals surface area contributed by atoms with Crippen LogP contribution in [0, 0.1) is 0 Å². The van der Waals surface area contributed by atoms with Crippen molar-refractivity contribution in [2.75, 3.05) is 0 Å². The van der Waals surface area contributed by atoms with Gasteiger partial charge in [0.1, 0.15) is 5.75 Å². The number of allylic oxidation sites excluding steroid dienone is 3. The van der Waals surface area contributed by atoms with Gasteiger partial charge in [-0.25, -0.2) is 4.79 Å². The molecular formula is C14H11Cl5O2. The van der Waals surface area contributed by atoms with Crippen LogP contribution in [0.1, 0.15) is 12.8 Å². The summed E-state index contributed by atoms with van der Waals surface area (Å²) < 4.78 is 3.75. The maximum absolute atomic E-state index is 11.6. The van der Waals surface area contributed by atoms with Crippen LogP contribution < -0.4 is 4.74 Å². The summed E-state index contributed by atoms with van der Waals surface area (Å²) >= 11 is 28.4. The summed E-state index contributed by atoms with van der Waals surface area (Å²) in [5.74, 6) is -0.210. The highest BCUT2D eigenvalue weighted by Crippen LogP contribution is 2.31. The Bertz CT molecular complexity index is 529. The van der Waals surface area contributed by atoms with E-state index in [2.05, 4.69) is 0 Å². The van der Waals surface area contributed by atoms with Crippen molar-refractivity contribution >= 4 is 64.0 Å². The summed E-state index contributed by atoms with van der Waals surface area (Å²) in [4.78, 5) is 11.6. The van der Waals surface area contributed by atoms with E-state index in [0.29, 0.717) is 23.6 Å². The van der Waals surface area contributed by atoms with Crippen molar-refractivity contribution in [1.29, 1.82) is 0 Å². The molecule has 0 bridgehead atoms. The summed E-state index contributed by atoms with van der Waals surface area (Å²) in [5.41, 5.74) is 0. The third-order valence-corrected chi connectivity index (χ3v) is 3.21. The summed E-state index contributed by atoms with van der Waals surface area (Å²) in [6, 6.07) is 6.40. The van der Waals surface area contributed by atoms with Gasteiger partial charge in [-0.2, -0.15) is 0 Å². The molecule has 0 fully saturated rings. The molecule has 0 saturated heterocycles. The number of hydrogen-bond donors (Lipinski definition) is 0. The van der Waals surface area contributed by atoms with Crippen molar-refractivity contribution in [3.8, 4) is 5.75 Å². The molecular weight excluding hydrogens is 377 g/mol. The molecule has 2 nitrogen and oxygen atoms in total. The van der Waals surface area contributed by atoms with E-state index in [9.17, 15) is 4.79 Å². The van der Waals surface area contributed by atoms with Crippen LogP contribution in [0.25, 0.3) is 0 Å². The van der Waals surface area contributed by atoms with E-state index in [1.165, 1.54) is 0 Å². The second-order valence-corrected chi connectivity index (χ2v) is 7.35. The second-order valence-electron chi connectivity index (χ2n) is 3.96. The molecule has 0 aliphatic rings. The molecule has 0 N–H and O–H groups in total. The lowest BCUT2D eigenvalue weighted by Crippen LogP contribution is -2.04. The summed E-state index contributed by atoms with van der Waals surface area (Å²) in [6.07, 6.45) is 5.28. The van der Waals surface area contributed by atoms with E-state index in [4.69, 9.17) is 62.7 Å². The Labute approximate surface area is 148 Å². The first-order valence-corrected chi connectivity index (χ1v) is 7.73. The molecule has 0 unspecified atom stereocenters. The molecule has 0 spiro atoms. The van der Waals surface area contributed by atoms with Crippen molar-refractivity contribution in [3.05, 3.63) is 52.5 Å². The molecule has 0 saturated carbocycles. The van der Waals surface area contributed by atoms with Crippen LogP contribution >= 0.6 is 58.0 Å². The van der Waals surface area contributed by atoms with Crippen molar-refractivity contribution < 1.29 is 9.53 Å². The van der Waals surface area contributed by atoms with Gasteiger partial charge in [0.2, 0.25) is 0 Å². The van der Waals surface area contributed by atoms with Gasteiger partial charge in [0.25, 0.3) is 0 Å². The molecule has 0 amide bonds. The third kappa shape index (κ3) is 9.28. The lowest BCUT2D eigenvalue weighted by molar-refractivity contribution is -0.129. The quantitative estimate of drug-likeness (QED) is 0.201. The Hall–Kier alpha value is -0.380. The number of halogens is 5. The molecule has 7 heteroatoms. The van der Waals surface area contributed by atoms with Gasteiger partial charge in [-0.05, 0) is 43.2 Å².